The van der Waals surface area contributed by atoms with Crippen molar-refractivity contribution in [2.45, 2.75) is 17.6 Å². The van der Waals surface area contributed by atoms with E-state index in [0.29, 0.717) is 5.69 Å². The Bertz CT molecular complexity index is 599. The third-order valence-corrected chi connectivity index (χ3v) is 3.65. The molecule has 19 heavy (non-hydrogen) atoms. The van der Waals surface area contributed by atoms with E-state index in [9.17, 15) is 0 Å². The molecule has 5 heteroatoms. The van der Waals surface area contributed by atoms with Gasteiger partial charge >= 0.3 is 0 Å². The van der Waals surface area contributed by atoms with Gasteiger partial charge in [0.1, 0.15) is 5.69 Å². The molecule has 0 aliphatic heterocycles. The second kappa shape index (κ2) is 6.24. The highest BCUT2D eigenvalue weighted by Crippen LogP contribution is 2.23. The second-order valence-corrected chi connectivity index (χ2v) is 5.19. The smallest absolute Gasteiger partial charge is 0.188 e. The molecule has 1 aromatic carbocycles. The predicted molar refractivity (Wildman–Crippen MR) is 77.5 cm³/mol. The minimum atomic E-state index is 0.0300. The van der Waals surface area contributed by atoms with Crippen LogP contribution in [0, 0.1) is 6.92 Å². The first-order chi connectivity index (χ1) is 9.19. The van der Waals surface area contributed by atoms with Crippen molar-refractivity contribution in [2.24, 2.45) is 10.9 Å². The zero-order valence-electron chi connectivity index (χ0n) is 10.6. The van der Waals surface area contributed by atoms with Gasteiger partial charge in [0, 0.05) is 16.8 Å². The fourth-order valence-electron chi connectivity index (χ4n) is 1.63. The largest absolute Gasteiger partial charge is 0.409 e. The number of pyridine rings is 1. The number of benzene rings is 1. The third-order valence-electron chi connectivity index (χ3n) is 2.59. The first-order valence-electron chi connectivity index (χ1n) is 5.81. The zero-order valence-corrected chi connectivity index (χ0v) is 11.4. The summed E-state index contributed by atoms with van der Waals surface area (Å²) in [5.41, 5.74) is 8.35. The highest BCUT2D eigenvalue weighted by Gasteiger charge is 2.03. The molecule has 0 radical (unpaired) electrons. The molecule has 4 nitrogen and oxygen atoms in total. The zero-order chi connectivity index (χ0) is 13.7. The number of aromatic nitrogens is 1. The summed E-state index contributed by atoms with van der Waals surface area (Å²) in [6, 6.07) is 12.1. The Hall–Kier alpha value is -2.01. The highest BCUT2D eigenvalue weighted by atomic mass is 32.2. The quantitative estimate of drug-likeness (QED) is 0.295. The van der Waals surface area contributed by atoms with Gasteiger partial charge in [0.05, 0.1) is 0 Å². The van der Waals surface area contributed by atoms with Gasteiger partial charge in [-0.15, -0.1) is 11.8 Å². The van der Waals surface area contributed by atoms with Crippen molar-refractivity contribution in [3.05, 3.63) is 59.4 Å². The molecule has 0 saturated carbocycles. The van der Waals surface area contributed by atoms with Crippen LogP contribution < -0.4 is 5.73 Å². The van der Waals surface area contributed by atoms with Crippen LogP contribution in [-0.4, -0.2) is 16.0 Å². The molecule has 2 aromatic rings. The molecule has 0 aliphatic rings. The standard InChI is InChI=1S/C14H15N3OS/c1-10-3-2-4-12(7-10)19-9-11-5-6-16-13(8-11)14(15)17-18/h2-8,18H,9H2,1H3,(H2,15,17). The van der Waals surface area contributed by atoms with Crippen LogP contribution >= 0.6 is 11.8 Å². The van der Waals surface area contributed by atoms with Crippen LogP contribution in [-0.2, 0) is 5.75 Å². The summed E-state index contributed by atoms with van der Waals surface area (Å²) in [6.07, 6.45) is 1.67. The van der Waals surface area contributed by atoms with Crippen LogP contribution in [0.5, 0.6) is 0 Å². The summed E-state index contributed by atoms with van der Waals surface area (Å²) in [5.74, 6) is 0.847. The summed E-state index contributed by atoms with van der Waals surface area (Å²) in [7, 11) is 0. The van der Waals surface area contributed by atoms with Gasteiger partial charge in [-0.1, -0.05) is 22.9 Å². The van der Waals surface area contributed by atoms with E-state index < -0.39 is 0 Å². The summed E-state index contributed by atoms with van der Waals surface area (Å²) >= 11 is 1.74. The molecule has 1 heterocycles. The van der Waals surface area contributed by atoms with E-state index in [0.717, 1.165) is 11.3 Å². The average Bonchev–Trinajstić information content (AvgIpc) is 2.45. The topological polar surface area (TPSA) is 71.5 Å². The molecule has 0 saturated heterocycles. The van der Waals surface area contributed by atoms with E-state index in [-0.39, 0.29) is 5.84 Å². The van der Waals surface area contributed by atoms with Gasteiger partial charge in [-0.25, -0.2) is 0 Å². The van der Waals surface area contributed by atoms with Crippen molar-refractivity contribution in [1.82, 2.24) is 4.98 Å². The molecule has 0 spiro atoms. The average molecular weight is 273 g/mol. The fourth-order valence-corrected chi connectivity index (χ4v) is 2.58. The van der Waals surface area contributed by atoms with Gasteiger partial charge in [0.15, 0.2) is 5.84 Å². The Morgan fingerprint density at radius 1 is 1.37 bits per heavy atom. The minimum absolute atomic E-state index is 0.0300. The number of rotatable bonds is 4. The minimum Gasteiger partial charge on any atom is -0.409 e. The molecule has 0 atom stereocenters. The number of thioether (sulfide) groups is 1. The Labute approximate surface area is 116 Å². The number of oxime groups is 1. The molecular weight excluding hydrogens is 258 g/mol. The fraction of sp³-hybridized carbons (Fsp3) is 0.143. The molecule has 3 N–H and O–H groups in total. The maximum atomic E-state index is 8.64. The lowest BCUT2D eigenvalue weighted by molar-refractivity contribution is 0.318. The summed E-state index contributed by atoms with van der Waals surface area (Å²) in [6.45, 7) is 2.08. The monoisotopic (exact) mass is 273 g/mol. The number of nitrogens with zero attached hydrogens (tertiary/aromatic N) is 2. The van der Waals surface area contributed by atoms with E-state index in [1.54, 1.807) is 18.0 Å². The first-order valence-corrected chi connectivity index (χ1v) is 6.80. The van der Waals surface area contributed by atoms with E-state index >= 15 is 0 Å². The molecule has 0 unspecified atom stereocenters. The van der Waals surface area contributed by atoms with Crippen LogP contribution in [0.15, 0.2) is 52.6 Å². The molecular formula is C14H15N3OS. The number of hydrogen-bond acceptors (Lipinski definition) is 4. The lowest BCUT2D eigenvalue weighted by Crippen LogP contribution is -2.15. The Morgan fingerprint density at radius 2 is 2.21 bits per heavy atom. The Balaban J connectivity index is 2.08. The summed E-state index contributed by atoms with van der Waals surface area (Å²) in [4.78, 5) is 5.28. The second-order valence-electron chi connectivity index (χ2n) is 4.14. The maximum Gasteiger partial charge on any atom is 0.188 e. The number of aryl methyl sites for hydroxylation is 1. The van der Waals surface area contributed by atoms with Gasteiger partial charge < -0.3 is 10.9 Å². The molecule has 0 aliphatic carbocycles. The summed E-state index contributed by atoms with van der Waals surface area (Å²) < 4.78 is 0. The van der Waals surface area contributed by atoms with E-state index in [4.69, 9.17) is 10.9 Å². The SMILES string of the molecule is Cc1cccc(SCc2ccnc(C(N)=NO)c2)c1. The molecule has 0 fully saturated rings. The van der Waals surface area contributed by atoms with Crippen molar-refractivity contribution in [3.8, 4) is 0 Å². The van der Waals surface area contributed by atoms with Crippen molar-refractivity contribution in [1.29, 1.82) is 0 Å². The lowest BCUT2D eigenvalue weighted by atomic mass is 10.2. The maximum absolute atomic E-state index is 8.64. The lowest BCUT2D eigenvalue weighted by Gasteiger charge is -2.04. The van der Waals surface area contributed by atoms with Crippen LogP contribution in [0.2, 0.25) is 0 Å². The van der Waals surface area contributed by atoms with Crippen molar-refractivity contribution >= 4 is 17.6 Å². The van der Waals surface area contributed by atoms with Crippen molar-refractivity contribution in [2.75, 3.05) is 0 Å². The van der Waals surface area contributed by atoms with Gasteiger partial charge in [-0.05, 0) is 36.8 Å². The van der Waals surface area contributed by atoms with Gasteiger partial charge in [-0.2, -0.15) is 0 Å². The van der Waals surface area contributed by atoms with Gasteiger partial charge in [-0.3, -0.25) is 4.98 Å². The Morgan fingerprint density at radius 3 is 2.95 bits per heavy atom. The first kappa shape index (κ1) is 13.4. The van der Waals surface area contributed by atoms with Gasteiger partial charge in [0.25, 0.3) is 0 Å². The normalized spacial score (nSPS) is 11.5. The predicted octanol–water partition coefficient (Wildman–Crippen LogP) is 2.78. The molecule has 98 valence electrons. The molecule has 0 bridgehead atoms. The van der Waals surface area contributed by atoms with E-state index in [1.807, 2.05) is 18.2 Å². The van der Waals surface area contributed by atoms with Crippen molar-refractivity contribution in [3.63, 3.8) is 0 Å². The van der Waals surface area contributed by atoms with Crippen LogP contribution in [0.3, 0.4) is 0 Å². The van der Waals surface area contributed by atoms with E-state index in [2.05, 4.69) is 35.3 Å². The third kappa shape index (κ3) is 3.72. The van der Waals surface area contributed by atoms with Crippen molar-refractivity contribution < 1.29 is 5.21 Å². The van der Waals surface area contributed by atoms with Gasteiger partial charge in [0.2, 0.25) is 0 Å². The molecule has 1 aromatic heterocycles. The number of amidine groups is 1. The van der Waals surface area contributed by atoms with Crippen LogP contribution in [0.1, 0.15) is 16.8 Å². The van der Waals surface area contributed by atoms with E-state index in [1.165, 1.54) is 10.5 Å². The highest BCUT2D eigenvalue weighted by molar-refractivity contribution is 7.98. The molecule has 2 rings (SSSR count). The van der Waals surface area contributed by atoms with Crippen LogP contribution in [0.25, 0.3) is 0 Å². The molecule has 0 amide bonds. The summed E-state index contributed by atoms with van der Waals surface area (Å²) in [5, 5.41) is 11.6. The number of nitrogens with two attached hydrogens (primary N) is 1. The van der Waals surface area contributed by atoms with Crippen LogP contribution in [0.4, 0.5) is 0 Å². The number of hydrogen-bond donors (Lipinski definition) is 2. The Kier molecular flexibility index (Phi) is 4.41.